The molecule has 0 saturated carbocycles. The molecule has 3 rings (SSSR count). The molecule has 1 heterocycles. The van der Waals surface area contributed by atoms with Crippen molar-refractivity contribution < 1.29 is 18.7 Å². The first-order valence-electron chi connectivity index (χ1n) is 9.46. The SMILES string of the molecule is Cc1ccc(OCC(=O)NC2CCN(C(=O)c3ccc(F)cc3)CC2)c(C)c1. The normalized spacial score (nSPS) is 14.6. The topological polar surface area (TPSA) is 58.6 Å². The van der Waals surface area contributed by atoms with Crippen LogP contribution in [0.15, 0.2) is 42.5 Å². The van der Waals surface area contributed by atoms with E-state index in [2.05, 4.69) is 5.32 Å². The summed E-state index contributed by atoms with van der Waals surface area (Å²) in [5.74, 6) is 0.0766. The maximum absolute atomic E-state index is 13.0. The van der Waals surface area contributed by atoms with Gasteiger partial charge in [-0.15, -0.1) is 0 Å². The fourth-order valence-corrected chi connectivity index (χ4v) is 3.38. The van der Waals surface area contributed by atoms with Crippen LogP contribution in [0.2, 0.25) is 0 Å². The van der Waals surface area contributed by atoms with Gasteiger partial charge in [-0.3, -0.25) is 9.59 Å². The van der Waals surface area contributed by atoms with E-state index in [1.807, 2.05) is 32.0 Å². The molecule has 1 fully saturated rings. The van der Waals surface area contributed by atoms with Crippen LogP contribution in [0, 0.1) is 19.7 Å². The van der Waals surface area contributed by atoms with Crippen molar-refractivity contribution in [3.63, 3.8) is 0 Å². The van der Waals surface area contributed by atoms with Crippen LogP contribution in [0.5, 0.6) is 5.75 Å². The molecule has 0 spiro atoms. The van der Waals surface area contributed by atoms with E-state index in [-0.39, 0.29) is 30.3 Å². The quantitative estimate of drug-likeness (QED) is 0.861. The summed E-state index contributed by atoms with van der Waals surface area (Å²) in [6.07, 6.45) is 1.37. The van der Waals surface area contributed by atoms with Crippen molar-refractivity contribution in [2.75, 3.05) is 19.7 Å². The number of amides is 2. The number of likely N-dealkylation sites (tertiary alicyclic amines) is 1. The van der Waals surface area contributed by atoms with E-state index in [1.54, 1.807) is 4.90 Å². The standard InChI is InChI=1S/C22H25FN2O3/c1-15-3-8-20(16(2)13-15)28-14-21(26)24-19-9-11-25(12-10-19)22(27)17-4-6-18(23)7-5-17/h3-8,13,19H,9-12,14H2,1-2H3,(H,24,26). The van der Waals surface area contributed by atoms with Crippen molar-refractivity contribution in [1.29, 1.82) is 0 Å². The molecule has 0 atom stereocenters. The number of aryl methyl sites for hydroxylation is 2. The summed E-state index contributed by atoms with van der Waals surface area (Å²) in [6.45, 7) is 5.04. The third kappa shape index (κ3) is 5.09. The number of halogens is 1. The van der Waals surface area contributed by atoms with Crippen molar-refractivity contribution in [3.05, 3.63) is 65.0 Å². The molecule has 2 aromatic rings. The lowest BCUT2D eigenvalue weighted by Crippen LogP contribution is -2.47. The molecule has 0 unspecified atom stereocenters. The van der Waals surface area contributed by atoms with Crippen molar-refractivity contribution in [3.8, 4) is 5.75 Å². The molecule has 1 aliphatic heterocycles. The first-order valence-corrected chi connectivity index (χ1v) is 9.46. The van der Waals surface area contributed by atoms with E-state index in [0.717, 1.165) is 11.1 Å². The van der Waals surface area contributed by atoms with Gasteiger partial charge in [0.25, 0.3) is 11.8 Å². The van der Waals surface area contributed by atoms with Crippen LogP contribution in [0.1, 0.15) is 34.3 Å². The minimum Gasteiger partial charge on any atom is -0.484 e. The number of carbonyl (C=O) groups excluding carboxylic acids is 2. The zero-order valence-corrected chi connectivity index (χ0v) is 16.2. The Morgan fingerprint density at radius 2 is 1.79 bits per heavy atom. The molecule has 28 heavy (non-hydrogen) atoms. The van der Waals surface area contributed by atoms with E-state index >= 15 is 0 Å². The number of benzene rings is 2. The van der Waals surface area contributed by atoms with Gasteiger partial charge >= 0.3 is 0 Å². The summed E-state index contributed by atoms with van der Waals surface area (Å²) in [4.78, 5) is 26.4. The Labute approximate surface area is 164 Å². The molecule has 2 aromatic carbocycles. The van der Waals surface area contributed by atoms with E-state index in [9.17, 15) is 14.0 Å². The van der Waals surface area contributed by atoms with Crippen molar-refractivity contribution in [1.82, 2.24) is 10.2 Å². The van der Waals surface area contributed by atoms with Crippen LogP contribution < -0.4 is 10.1 Å². The van der Waals surface area contributed by atoms with Crippen LogP contribution in [0.25, 0.3) is 0 Å². The summed E-state index contributed by atoms with van der Waals surface area (Å²) < 4.78 is 18.6. The van der Waals surface area contributed by atoms with Gasteiger partial charge in [0.1, 0.15) is 11.6 Å². The Morgan fingerprint density at radius 1 is 1.11 bits per heavy atom. The van der Waals surface area contributed by atoms with E-state index < -0.39 is 0 Å². The van der Waals surface area contributed by atoms with Gasteiger partial charge in [0.15, 0.2) is 6.61 Å². The van der Waals surface area contributed by atoms with Gasteiger partial charge in [0, 0.05) is 24.7 Å². The smallest absolute Gasteiger partial charge is 0.258 e. The highest BCUT2D eigenvalue weighted by atomic mass is 19.1. The van der Waals surface area contributed by atoms with E-state index in [0.29, 0.717) is 37.2 Å². The van der Waals surface area contributed by atoms with Gasteiger partial charge in [-0.2, -0.15) is 0 Å². The summed E-state index contributed by atoms with van der Waals surface area (Å²) in [6, 6.07) is 11.4. The van der Waals surface area contributed by atoms with E-state index in [4.69, 9.17) is 4.74 Å². The molecule has 1 saturated heterocycles. The molecule has 0 radical (unpaired) electrons. The molecular formula is C22H25FN2O3. The van der Waals surface area contributed by atoms with Crippen LogP contribution in [0.3, 0.4) is 0 Å². The number of hydrogen-bond acceptors (Lipinski definition) is 3. The predicted octanol–water partition coefficient (Wildman–Crippen LogP) is 3.24. The highest BCUT2D eigenvalue weighted by molar-refractivity contribution is 5.94. The van der Waals surface area contributed by atoms with Crippen molar-refractivity contribution >= 4 is 11.8 Å². The number of ether oxygens (including phenoxy) is 1. The molecule has 6 heteroatoms. The zero-order chi connectivity index (χ0) is 20.1. The van der Waals surface area contributed by atoms with Gasteiger partial charge in [-0.05, 0) is 62.6 Å². The van der Waals surface area contributed by atoms with Crippen molar-refractivity contribution in [2.45, 2.75) is 32.7 Å². The summed E-state index contributed by atoms with van der Waals surface area (Å²) in [5.41, 5.74) is 2.63. The lowest BCUT2D eigenvalue weighted by Gasteiger charge is -2.32. The van der Waals surface area contributed by atoms with Gasteiger partial charge in [-0.25, -0.2) is 4.39 Å². The Bertz CT molecular complexity index is 843. The van der Waals surface area contributed by atoms with Gasteiger partial charge in [-0.1, -0.05) is 17.7 Å². The third-order valence-electron chi connectivity index (χ3n) is 4.93. The molecule has 1 aliphatic rings. The summed E-state index contributed by atoms with van der Waals surface area (Å²) >= 11 is 0. The minimum absolute atomic E-state index is 0.0208. The Balaban J connectivity index is 1.44. The second kappa shape index (κ2) is 8.87. The summed E-state index contributed by atoms with van der Waals surface area (Å²) in [7, 11) is 0. The van der Waals surface area contributed by atoms with Crippen LogP contribution in [-0.2, 0) is 4.79 Å². The number of carbonyl (C=O) groups is 2. The molecule has 0 aliphatic carbocycles. The van der Waals surface area contributed by atoms with Crippen LogP contribution >= 0.6 is 0 Å². The van der Waals surface area contributed by atoms with Crippen LogP contribution in [0.4, 0.5) is 4.39 Å². The second-order valence-corrected chi connectivity index (χ2v) is 7.20. The zero-order valence-electron chi connectivity index (χ0n) is 16.2. The number of nitrogens with one attached hydrogen (secondary N) is 1. The Morgan fingerprint density at radius 3 is 2.43 bits per heavy atom. The Hall–Kier alpha value is -2.89. The first-order chi connectivity index (χ1) is 13.4. The molecule has 5 nitrogen and oxygen atoms in total. The maximum atomic E-state index is 13.0. The number of piperidine rings is 1. The fraction of sp³-hybridized carbons (Fsp3) is 0.364. The largest absolute Gasteiger partial charge is 0.484 e. The molecule has 148 valence electrons. The highest BCUT2D eigenvalue weighted by Crippen LogP contribution is 2.19. The number of hydrogen-bond donors (Lipinski definition) is 1. The van der Waals surface area contributed by atoms with Gasteiger partial charge < -0.3 is 15.0 Å². The average molecular weight is 384 g/mol. The first kappa shape index (κ1) is 19.9. The predicted molar refractivity (Wildman–Crippen MR) is 105 cm³/mol. The summed E-state index contributed by atoms with van der Waals surface area (Å²) in [5, 5.41) is 2.98. The second-order valence-electron chi connectivity index (χ2n) is 7.20. The number of rotatable bonds is 5. The molecule has 1 N–H and O–H groups in total. The third-order valence-corrected chi connectivity index (χ3v) is 4.93. The molecule has 2 amide bonds. The Kier molecular flexibility index (Phi) is 6.29. The van der Waals surface area contributed by atoms with Gasteiger partial charge in [0.05, 0.1) is 0 Å². The average Bonchev–Trinajstić information content (AvgIpc) is 2.68. The highest BCUT2D eigenvalue weighted by Gasteiger charge is 2.24. The monoisotopic (exact) mass is 384 g/mol. The minimum atomic E-state index is -0.360. The van der Waals surface area contributed by atoms with Gasteiger partial charge in [0.2, 0.25) is 0 Å². The molecule has 0 bridgehead atoms. The maximum Gasteiger partial charge on any atom is 0.258 e. The molecular weight excluding hydrogens is 359 g/mol. The van der Waals surface area contributed by atoms with Crippen molar-refractivity contribution in [2.24, 2.45) is 0 Å². The van der Waals surface area contributed by atoms with Crippen LogP contribution in [-0.4, -0.2) is 42.5 Å². The van der Waals surface area contributed by atoms with E-state index in [1.165, 1.54) is 24.3 Å². The lowest BCUT2D eigenvalue weighted by atomic mass is 10.0. The molecule has 0 aromatic heterocycles. The lowest BCUT2D eigenvalue weighted by molar-refractivity contribution is -0.124. The fourth-order valence-electron chi connectivity index (χ4n) is 3.38. The number of nitrogens with zero attached hydrogens (tertiary/aromatic N) is 1.